The Bertz CT molecular complexity index is 1560. The second-order valence-electron chi connectivity index (χ2n) is 11.3. The summed E-state index contributed by atoms with van der Waals surface area (Å²) in [6.45, 7) is 11.8. The molecule has 0 unspecified atom stereocenters. The third-order valence-electron chi connectivity index (χ3n) is 6.92. The number of anilines is 1. The lowest BCUT2D eigenvalue weighted by Gasteiger charge is -2.44. The number of nitrogens with zero attached hydrogens (tertiary/aromatic N) is 6. The zero-order chi connectivity index (χ0) is 30.6. The molecule has 222 valence electrons. The highest BCUT2D eigenvalue weighted by atomic mass is 35.5. The number of amides is 1. The minimum Gasteiger partial charge on any atom is -0.444 e. The van der Waals surface area contributed by atoms with Crippen LogP contribution in [0.5, 0.6) is 0 Å². The first-order chi connectivity index (χ1) is 18.9. The van der Waals surface area contributed by atoms with Crippen LogP contribution in [-0.4, -0.2) is 67.5 Å². The van der Waals surface area contributed by atoms with Crippen LogP contribution < -0.4 is 10.6 Å². The van der Waals surface area contributed by atoms with Crippen molar-refractivity contribution in [3.05, 3.63) is 51.0 Å². The van der Waals surface area contributed by atoms with Gasteiger partial charge in [0.2, 0.25) is 0 Å². The molecule has 4 rings (SSSR count). The Morgan fingerprint density at radius 1 is 1.15 bits per heavy atom. The molecule has 1 saturated heterocycles. The second-order valence-corrected chi connectivity index (χ2v) is 11.7. The van der Waals surface area contributed by atoms with Crippen molar-refractivity contribution in [2.75, 3.05) is 18.0 Å². The van der Waals surface area contributed by atoms with Crippen LogP contribution in [0.15, 0.2) is 23.1 Å². The van der Waals surface area contributed by atoms with Crippen molar-refractivity contribution >= 4 is 34.5 Å². The molecule has 0 N–H and O–H groups in total. The molecule has 3 atom stereocenters. The lowest BCUT2D eigenvalue weighted by Crippen LogP contribution is -2.59. The van der Waals surface area contributed by atoms with Gasteiger partial charge in [-0.1, -0.05) is 11.6 Å². The highest BCUT2D eigenvalue weighted by Gasteiger charge is 2.41. The summed E-state index contributed by atoms with van der Waals surface area (Å²) < 4.78 is 62.6. The number of halogens is 5. The molecule has 3 aromatic rings. The van der Waals surface area contributed by atoms with Gasteiger partial charge in [-0.25, -0.2) is 23.5 Å². The Labute approximate surface area is 239 Å². The van der Waals surface area contributed by atoms with E-state index in [1.54, 1.807) is 44.4 Å². The van der Waals surface area contributed by atoms with E-state index in [1.165, 1.54) is 19.2 Å². The highest BCUT2D eigenvalue weighted by molar-refractivity contribution is 6.30. The fraction of sp³-hybridized carbons (Fsp3) is 0.519. The van der Waals surface area contributed by atoms with Crippen molar-refractivity contribution in [1.29, 1.82) is 0 Å². The van der Waals surface area contributed by atoms with E-state index < -0.39 is 52.2 Å². The van der Waals surface area contributed by atoms with Gasteiger partial charge >= 0.3 is 18.0 Å². The number of carbonyl (C=O) groups is 1. The summed E-state index contributed by atoms with van der Waals surface area (Å²) in [5.41, 5.74) is -2.08. The average molecular weight is 599 g/mol. The zero-order valence-electron chi connectivity index (χ0n) is 23.7. The SMILES string of the molecule is Cc1ccnc([C@@H](C)C(F)(F)F)c1-n1c(=O)nc(N2C[C@@H](C)N(C(=O)OC(C)(C)C)C[C@@H]2C)c2cc(F)c(Cl)nc21. The maximum Gasteiger partial charge on any atom is 0.410 e. The third kappa shape index (κ3) is 5.95. The standard InChI is InChI=1S/C27H31ClF4N6O3/c1-13-8-9-33-19(16(4)27(30,31)32)20(13)38-23-17(10-18(29)21(28)34-23)22(35-24(38)39)36-11-15(3)37(12-14(36)2)25(40)41-26(5,6)7/h8-10,14-16H,11-12H2,1-7H3/t14-,15+,16+/m0/s1. The first kappa shape index (κ1) is 30.5. The Kier molecular flexibility index (Phi) is 7.98. The second kappa shape index (κ2) is 10.7. The van der Waals surface area contributed by atoms with E-state index >= 15 is 0 Å². The number of alkyl halides is 3. The Hall–Kier alpha value is -3.48. The molecule has 0 bridgehead atoms. The molecule has 1 aliphatic heterocycles. The molecule has 1 fully saturated rings. The number of rotatable bonds is 3. The van der Waals surface area contributed by atoms with Gasteiger partial charge in [0.25, 0.3) is 0 Å². The van der Waals surface area contributed by atoms with Crippen LogP contribution in [-0.2, 0) is 4.74 Å². The molecule has 3 aromatic heterocycles. The van der Waals surface area contributed by atoms with Gasteiger partial charge in [0.05, 0.1) is 22.7 Å². The molecule has 9 nitrogen and oxygen atoms in total. The monoisotopic (exact) mass is 598 g/mol. The molecule has 41 heavy (non-hydrogen) atoms. The number of aryl methyl sites for hydroxylation is 1. The molecule has 0 aromatic carbocycles. The maximum atomic E-state index is 14.8. The number of ether oxygens (including phenoxy) is 1. The summed E-state index contributed by atoms with van der Waals surface area (Å²) in [6, 6.07) is 1.73. The summed E-state index contributed by atoms with van der Waals surface area (Å²) >= 11 is 6.02. The average Bonchev–Trinajstić information content (AvgIpc) is 2.84. The molecule has 14 heteroatoms. The van der Waals surface area contributed by atoms with E-state index in [0.717, 1.165) is 17.6 Å². The lowest BCUT2D eigenvalue weighted by atomic mass is 10.0. The van der Waals surface area contributed by atoms with Crippen LogP contribution in [0.25, 0.3) is 16.7 Å². The number of aromatic nitrogens is 4. The summed E-state index contributed by atoms with van der Waals surface area (Å²) in [7, 11) is 0. The Morgan fingerprint density at radius 2 is 1.80 bits per heavy atom. The first-order valence-corrected chi connectivity index (χ1v) is 13.4. The van der Waals surface area contributed by atoms with E-state index in [9.17, 15) is 27.2 Å². The summed E-state index contributed by atoms with van der Waals surface area (Å²) in [4.78, 5) is 42.0. The molecule has 1 amide bonds. The number of pyridine rings is 2. The molecule has 1 aliphatic rings. The summed E-state index contributed by atoms with van der Waals surface area (Å²) in [5, 5.41) is -0.504. The van der Waals surface area contributed by atoms with Crippen molar-refractivity contribution < 1.29 is 27.1 Å². The van der Waals surface area contributed by atoms with Crippen LogP contribution in [0.4, 0.5) is 28.2 Å². The van der Waals surface area contributed by atoms with Gasteiger partial charge in [0.15, 0.2) is 16.6 Å². The quantitative estimate of drug-likeness (QED) is 0.279. The van der Waals surface area contributed by atoms with Crippen LogP contribution in [0.2, 0.25) is 5.15 Å². The van der Waals surface area contributed by atoms with E-state index in [2.05, 4.69) is 15.0 Å². The smallest absolute Gasteiger partial charge is 0.410 e. The van der Waals surface area contributed by atoms with Crippen LogP contribution in [0.3, 0.4) is 0 Å². The Morgan fingerprint density at radius 3 is 2.41 bits per heavy atom. The van der Waals surface area contributed by atoms with Gasteiger partial charge in [-0.3, -0.25) is 4.98 Å². The minimum absolute atomic E-state index is 0.0603. The predicted molar refractivity (Wildman–Crippen MR) is 146 cm³/mol. The van der Waals surface area contributed by atoms with E-state index in [1.807, 2.05) is 0 Å². The minimum atomic E-state index is -4.65. The topological polar surface area (TPSA) is 93.5 Å². The molecule has 0 spiro atoms. The molecule has 0 saturated carbocycles. The molecular weight excluding hydrogens is 568 g/mol. The van der Waals surface area contributed by atoms with Crippen molar-refractivity contribution in [2.45, 2.75) is 78.2 Å². The molecule has 0 radical (unpaired) electrons. The zero-order valence-corrected chi connectivity index (χ0v) is 24.4. The Balaban J connectivity index is 1.90. The van der Waals surface area contributed by atoms with Gasteiger partial charge in [-0.05, 0) is 66.2 Å². The van der Waals surface area contributed by atoms with Crippen molar-refractivity contribution in [1.82, 2.24) is 24.4 Å². The van der Waals surface area contributed by atoms with Gasteiger partial charge in [0, 0.05) is 31.4 Å². The molecular formula is C27H31ClF4N6O3. The fourth-order valence-corrected chi connectivity index (χ4v) is 4.97. The van der Waals surface area contributed by atoms with Gasteiger partial charge in [-0.2, -0.15) is 18.2 Å². The maximum absolute atomic E-state index is 14.8. The summed E-state index contributed by atoms with van der Waals surface area (Å²) in [5.74, 6) is -2.86. The third-order valence-corrected chi connectivity index (χ3v) is 7.19. The van der Waals surface area contributed by atoms with Crippen molar-refractivity contribution in [3.8, 4) is 5.69 Å². The van der Waals surface area contributed by atoms with Crippen LogP contribution >= 0.6 is 11.6 Å². The van der Waals surface area contributed by atoms with Gasteiger partial charge < -0.3 is 14.5 Å². The van der Waals surface area contributed by atoms with E-state index in [4.69, 9.17) is 16.3 Å². The first-order valence-electron chi connectivity index (χ1n) is 13.0. The van der Waals surface area contributed by atoms with E-state index in [0.29, 0.717) is 5.56 Å². The number of carbonyl (C=O) groups excluding carboxylic acids is 1. The number of fused-ring (bicyclic) bond motifs is 1. The number of hydrogen-bond acceptors (Lipinski definition) is 7. The van der Waals surface area contributed by atoms with Crippen molar-refractivity contribution in [2.24, 2.45) is 0 Å². The van der Waals surface area contributed by atoms with Crippen LogP contribution in [0.1, 0.15) is 58.7 Å². The van der Waals surface area contributed by atoms with Crippen molar-refractivity contribution in [3.63, 3.8) is 0 Å². The van der Waals surface area contributed by atoms with E-state index in [-0.39, 0.29) is 41.7 Å². The highest BCUT2D eigenvalue weighted by Crippen LogP contribution is 2.38. The number of piperazine rings is 1. The summed E-state index contributed by atoms with van der Waals surface area (Å²) in [6.07, 6.45) is -3.93. The van der Waals surface area contributed by atoms with Gasteiger partial charge in [-0.15, -0.1) is 0 Å². The lowest BCUT2D eigenvalue weighted by molar-refractivity contribution is -0.147. The molecule has 4 heterocycles. The van der Waals surface area contributed by atoms with Gasteiger partial charge in [0.1, 0.15) is 11.4 Å². The number of hydrogen-bond donors (Lipinski definition) is 0. The largest absolute Gasteiger partial charge is 0.444 e. The van der Waals surface area contributed by atoms with Crippen LogP contribution in [0, 0.1) is 12.7 Å². The predicted octanol–water partition coefficient (Wildman–Crippen LogP) is 5.78. The molecule has 0 aliphatic carbocycles. The normalized spacial score (nSPS) is 19.0. The fourth-order valence-electron chi connectivity index (χ4n) is 4.84.